The van der Waals surface area contributed by atoms with Gasteiger partial charge in [0.15, 0.2) is 0 Å². The number of methoxy groups -OCH3 is 2. The molecule has 0 radical (unpaired) electrons. The van der Waals surface area contributed by atoms with E-state index in [1.807, 2.05) is 0 Å². The Kier molecular flexibility index (Phi) is 1.71. The number of carbonyl (C=O) groups is 2. The van der Waals surface area contributed by atoms with Crippen molar-refractivity contribution in [3.8, 4) is 0 Å². The van der Waals surface area contributed by atoms with E-state index < -0.39 is 28.7 Å². The maximum atomic E-state index is 13.6. The molecule has 15 heavy (non-hydrogen) atoms. The molecule has 2 bridgehead atoms. The molecular weight excluding hydrogens is 210 g/mol. The molecule has 0 unspecified atom stereocenters. The molecule has 3 aliphatic rings. The standard InChI is InChI=1S/C9H10F2O4/c1-14-5(12)7-3-8(4-7,6(13)15-2)9(7,10)11/h3-4H2,1-2H3. The molecule has 6 heteroatoms. The van der Waals surface area contributed by atoms with Crippen LogP contribution in [-0.2, 0) is 19.1 Å². The normalized spacial score (nSPS) is 39.7. The average molecular weight is 220 g/mol. The van der Waals surface area contributed by atoms with Crippen LogP contribution in [0.4, 0.5) is 8.78 Å². The van der Waals surface area contributed by atoms with E-state index in [-0.39, 0.29) is 12.8 Å². The van der Waals surface area contributed by atoms with E-state index in [4.69, 9.17) is 0 Å². The number of carbonyl (C=O) groups excluding carboxylic acids is 2. The van der Waals surface area contributed by atoms with Gasteiger partial charge in [0.25, 0.3) is 5.92 Å². The zero-order valence-corrected chi connectivity index (χ0v) is 8.30. The SMILES string of the molecule is COC(=O)C12CC(C(=O)OC)(C1)C2(F)F. The lowest BCUT2D eigenvalue weighted by Gasteiger charge is -2.70. The van der Waals surface area contributed by atoms with E-state index >= 15 is 0 Å². The Hall–Kier alpha value is -1.20. The van der Waals surface area contributed by atoms with Crippen LogP contribution in [0.5, 0.6) is 0 Å². The van der Waals surface area contributed by atoms with Gasteiger partial charge >= 0.3 is 11.9 Å². The minimum absolute atomic E-state index is 0.174. The second-order valence-corrected chi connectivity index (χ2v) is 4.08. The number of rotatable bonds is 2. The van der Waals surface area contributed by atoms with Crippen molar-refractivity contribution >= 4 is 11.9 Å². The third-order valence-electron chi connectivity index (χ3n) is 3.56. The molecule has 0 N–H and O–H groups in total. The molecule has 84 valence electrons. The highest BCUT2D eigenvalue weighted by atomic mass is 19.3. The van der Waals surface area contributed by atoms with Crippen molar-refractivity contribution in [2.75, 3.05) is 14.2 Å². The number of alkyl halides is 2. The Morgan fingerprint density at radius 2 is 1.33 bits per heavy atom. The largest absolute Gasteiger partial charge is 0.468 e. The van der Waals surface area contributed by atoms with E-state index in [0.717, 1.165) is 14.2 Å². The fourth-order valence-corrected chi connectivity index (χ4v) is 2.60. The number of esters is 2. The monoisotopic (exact) mass is 220 g/mol. The zero-order chi connectivity index (χ0) is 11.5. The molecule has 0 aromatic rings. The molecule has 0 aromatic heterocycles. The molecule has 4 nitrogen and oxygen atoms in total. The van der Waals surface area contributed by atoms with E-state index in [0.29, 0.717) is 0 Å². The van der Waals surface area contributed by atoms with Crippen molar-refractivity contribution in [2.24, 2.45) is 10.8 Å². The lowest BCUT2D eigenvalue weighted by molar-refractivity contribution is -0.384. The van der Waals surface area contributed by atoms with Crippen LogP contribution in [-0.4, -0.2) is 32.1 Å². The topological polar surface area (TPSA) is 52.6 Å². The van der Waals surface area contributed by atoms with Gasteiger partial charge in [-0.05, 0) is 12.8 Å². The van der Waals surface area contributed by atoms with Crippen LogP contribution < -0.4 is 0 Å². The van der Waals surface area contributed by atoms with Gasteiger partial charge < -0.3 is 9.47 Å². The minimum Gasteiger partial charge on any atom is -0.468 e. The molecule has 3 saturated carbocycles. The summed E-state index contributed by atoms with van der Waals surface area (Å²) in [6.07, 6.45) is -0.349. The van der Waals surface area contributed by atoms with Crippen LogP contribution in [0.3, 0.4) is 0 Å². The Balaban J connectivity index is 2.25. The highest BCUT2D eigenvalue weighted by molar-refractivity contribution is 5.94. The molecule has 0 aromatic carbocycles. The van der Waals surface area contributed by atoms with Gasteiger partial charge in [-0.3, -0.25) is 9.59 Å². The van der Waals surface area contributed by atoms with Crippen molar-refractivity contribution in [2.45, 2.75) is 18.8 Å². The second-order valence-electron chi connectivity index (χ2n) is 4.08. The summed E-state index contributed by atoms with van der Waals surface area (Å²) in [6, 6.07) is 0. The number of hydrogen-bond acceptors (Lipinski definition) is 4. The first-order chi connectivity index (χ1) is 6.88. The fraction of sp³-hybridized carbons (Fsp3) is 0.778. The van der Waals surface area contributed by atoms with Gasteiger partial charge in [0.1, 0.15) is 10.8 Å². The molecule has 3 rings (SSSR count). The number of ether oxygens (including phenoxy) is 2. The van der Waals surface area contributed by atoms with Gasteiger partial charge in [-0.2, -0.15) is 0 Å². The van der Waals surface area contributed by atoms with E-state index in [1.54, 1.807) is 0 Å². The maximum Gasteiger partial charge on any atom is 0.318 e. The summed E-state index contributed by atoms with van der Waals surface area (Å²) in [5.41, 5.74) is -3.56. The smallest absolute Gasteiger partial charge is 0.318 e. The molecule has 3 fully saturated rings. The molecule has 0 saturated heterocycles. The summed E-state index contributed by atoms with van der Waals surface area (Å²) in [5, 5.41) is 0. The predicted octanol–water partition coefficient (Wildman–Crippen LogP) is 0.748. The van der Waals surface area contributed by atoms with Crippen molar-refractivity contribution in [3.63, 3.8) is 0 Å². The molecule has 0 aliphatic heterocycles. The van der Waals surface area contributed by atoms with Crippen molar-refractivity contribution in [1.82, 2.24) is 0 Å². The summed E-state index contributed by atoms with van der Waals surface area (Å²) in [5.74, 6) is -5.23. The molecule has 3 aliphatic carbocycles. The number of halogens is 2. The third kappa shape index (κ3) is 0.744. The quantitative estimate of drug-likeness (QED) is 0.644. The van der Waals surface area contributed by atoms with Gasteiger partial charge in [0.05, 0.1) is 14.2 Å². The summed E-state index contributed by atoms with van der Waals surface area (Å²) in [6.45, 7) is 0. The summed E-state index contributed by atoms with van der Waals surface area (Å²) in [4.78, 5) is 22.3. The van der Waals surface area contributed by atoms with Gasteiger partial charge in [-0.25, -0.2) is 8.78 Å². The Bertz CT molecular complexity index is 314. The highest BCUT2D eigenvalue weighted by Crippen LogP contribution is 2.82. The second kappa shape index (κ2) is 2.48. The molecule has 0 atom stereocenters. The number of hydrogen-bond donors (Lipinski definition) is 0. The third-order valence-corrected chi connectivity index (χ3v) is 3.56. The first-order valence-electron chi connectivity index (χ1n) is 4.43. The first-order valence-corrected chi connectivity index (χ1v) is 4.43. The molecule has 0 spiro atoms. The fourth-order valence-electron chi connectivity index (χ4n) is 2.60. The highest BCUT2D eigenvalue weighted by Gasteiger charge is 2.95. The van der Waals surface area contributed by atoms with Gasteiger partial charge in [-0.15, -0.1) is 0 Å². The van der Waals surface area contributed by atoms with E-state index in [2.05, 4.69) is 9.47 Å². The molecule has 0 amide bonds. The molecular formula is C9H10F2O4. The van der Waals surface area contributed by atoms with Gasteiger partial charge in [0.2, 0.25) is 0 Å². The van der Waals surface area contributed by atoms with Crippen LogP contribution in [0, 0.1) is 10.8 Å². The van der Waals surface area contributed by atoms with Gasteiger partial charge in [0, 0.05) is 0 Å². The minimum atomic E-state index is -3.33. The lowest BCUT2D eigenvalue weighted by Crippen LogP contribution is -2.84. The van der Waals surface area contributed by atoms with E-state index in [1.165, 1.54) is 0 Å². The Morgan fingerprint density at radius 1 is 1.00 bits per heavy atom. The lowest BCUT2D eigenvalue weighted by atomic mass is 9.32. The Labute approximate surface area is 84.5 Å². The summed E-state index contributed by atoms with van der Waals surface area (Å²) < 4.78 is 35.8. The average Bonchev–Trinajstić information content (AvgIpc) is 2.15. The van der Waals surface area contributed by atoms with Crippen molar-refractivity contribution < 1.29 is 27.8 Å². The Morgan fingerprint density at radius 3 is 1.53 bits per heavy atom. The van der Waals surface area contributed by atoms with Crippen molar-refractivity contribution in [3.05, 3.63) is 0 Å². The summed E-state index contributed by atoms with van der Waals surface area (Å²) >= 11 is 0. The first kappa shape index (κ1) is 10.3. The zero-order valence-electron chi connectivity index (χ0n) is 8.30. The van der Waals surface area contributed by atoms with Crippen LogP contribution >= 0.6 is 0 Å². The summed E-state index contributed by atoms with van der Waals surface area (Å²) in [7, 11) is 2.12. The van der Waals surface area contributed by atoms with Crippen molar-refractivity contribution in [1.29, 1.82) is 0 Å². The molecule has 0 heterocycles. The van der Waals surface area contributed by atoms with Crippen LogP contribution in [0.15, 0.2) is 0 Å². The van der Waals surface area contributed by atoms with E-state index in [9.17, 15) is 18.4 Å². The van der Waals surface area contributed by atoms with Crippen LogP contribution in [0.1, 0.15) is 12.8 Å². The van der Waals surface area contributed by atoms with Crippen LogP contribution in [0.2, 0.25) is 0 Å². The van der Waals surface area contributed by atoms with Crippen LogP contribution in [0.25, 0.3) is 0 Å². The predicted molar refractivity (Wildman–Crippen MR) is 43.1 cm³/mol. The maximum absolute atomic E-state index is 13.6. The van der Waals surface area contributed by atoms with Gasteiger partial charge in [-0.1, -0.05) is 0 Å².